The predicted octanol–water partition coefficient (Wildman–Crippen LogP) is 3.38. The fraction of sp³-hybridized carbons (Fsp3) is 0.0833. The second-order valence-electron chi connectivity index (χ2n) is 3.07. The SMILES string of the molecule is C=C(CC=Cc1ccc(Cl)cc1)C(=O)O. The first-order valence-electron chi connectivity index (χ1n) is 4.43. The minimum absolute atomic E-state index is 0.181. The van der Waals surface area contributed by atoms with Gasteiger partial charge in [-0.3, -0.25) is 0 Å². The van der Waals surface area contributed by atoms with E-state index in [1.165, 1.54) is 0 Å². The summed E-state index contributed by atoms with van der Waals surface area (Å²) in [6.07, 6.45) is 3.95. The van der Waals surface area contributed by atoms with Gasteiger partial charge in [0.2, 0.25) is 0 Å². The number of halogens is 1. The molecule has 0 saturated heterocycles. The van der Waals surface area contributed by atoms with Gasteiger partial charge in [-0.1, -0.05) is 42.5 Å². The number of carbonyl (C=O) groups is 1. The van der Waals surface area contributed by atoms with Gasteiger partial charge in [0.05, 0.1) is 0 Å². The second-order valence-corrected chi connectivity index (χ2v) is 3.50. The van der Waals surface area contributed by atoms with Crippen LogP contribution in [0.4, 0.5) is 0 Å². The molecule has 0 amide bonds. The fourth-order valence-electron chi connectivity index (χ4n) is 0.998. The Balaban J connectivity index is 2.55. The monoisotopic (exact) mass is 222 g/mol. The van der Waals surface area contributed by atoms with Crippen LogP contribution in [-0.2, 0) is 4.79 Å². The number of hydrogen-bond donors (Lipinski definition) is 1. The highest BCUT2D eigenvalue weighted by Crippen LogP contribution is 2.11. The highest BCUT2D eigenvalue weighted by Gasteiger charge is 1.99. The smallest absolute Gasteiger partial charge is 0.331 e. The van der Waals surface area contributed by atoms with Gasteiger partial charge in [0.1, 0.15) is 0 Å². The van der Waals surface area contributed by atoms with Crippen molar-refractivity contribution in [3.05, 3.63) is 53.1 Å². The molecule has 0 aliphatic rings. The standard InChI is InChI=1S/C12H11ClO2/c1-9(12(14)15)3-2-4-10-5-7-11(13)8-6-10/h2,4-8H,1,3H2,(H,14,15). The molecular formula is C12H11ClO2. The van der Waals surface area contributed by atoms with Gasteiger partial charge in [-0.2, -0.15) is 0 Å². The molecule has 0 saturated carbocycles. The van der Waals surface area contributed by atoms with Gasteiger partial charge in [0.25, 0.3) is 0 Å². The van der Waals surface area contributed by atoms with Crippen LogP contribution >= 0.6 is 11.6 Å². The summed E-state index contributed by atoms with van der Waals surface area (Å²) in [7, 11) is 0. The minimum atomic E-state index is -0.962. The van der Waals surface area contributed by atoms with E-state index in [1.807, 2.05) is 18.2 Å². The fourth-order valence-corrected chi connectivity index (χ4v) is 1.12. The molecule has 3 heteroatoms. The van der Waals surface area contributed by atoms with Crippen molar-refractivity contribution in [1.82, 2.24) is 0 Å². The third-order valence-corrected chi connectivity index (χ3v) is 2.10. The van der Waals surface area contributed by atoms with E-state index >= 15 is 0 Å². The van der Waals surface area contributed by atoms with Crippen molar-refractivity contribution < 1.29 is 9.90 Å². The van der Waals surface area contributed by atoms with Gasteiger partial charge < -0.3 is 5.11 Å². The van der Waals surface area contributed by atoms with Crippen molar-refractivity contribution in [3.63, 3.8) is 0 Å². The Hall–Kier alpha value is -1.54. The molecule has 78 valence electrons. The number of carboxylic acids is 1. The van der Waals surface area contributed by atoms with E-state index in [-0.39, 0.29) is 5.57 Å². The number of carboxylic acid groups (broad SMARTS) is 1. The van der Waals surface area contributed by atoms with Crippen molar-refractivity contribution in [3.8, 4) is 0 Å². The van der Waals surface area contributed by atoms with Crippen LogP contribution in [0.15, 0.2) is 42.5 Å². The van der Waals surface area contributed by atoms with Crippen molar-refractivity contribution in [1.29, 1.82) is 0 Å². The number of allylic oxidation sites excluding steroid dienone is 1. The highest BCUT2D eigenvalue weighted by molar-refractivity contribution is 6.30. The Morgan fingerprint density at radius 2 is 2.00 bits per heavy atom. The van der Waals surface area contributed by atoms with E-state index in [1.54, 1.807) is 18.2 Å². The number of benzene rings is 1. The molecule has 0 unspecified atom stereocenters. The molecule has 1 aromatic rings. The summed E-state index contributed by atoms with van der Waals surface area (Å²) < 4.78 is 0. The van der Waals surface area contributed by atoms with E-state index in [0.29, 0.717) is 11.4 Å². The summed E-state index contributed by atoms with van der Waals surface area (Å²) in [6.45, 7) is 3.43. The Morgan fingerprint density at radius 1 is 1.40 bits per heavy atom. The first-order chi connectivity index (χ1) is 7.09. The third kappa shape index (κ3) is 4.00. The molecule has 0 atom stereocenters. The summed E-state index contributed by atoms with van der Waals surface area (Å²) in [4.78, 5) is 10.4. The van der Waals surface area contributed by atoms with Gasteiger partial charge in [0.15, 0.2) is 0 Å². The van der Waals surface area contributed by atoms with Gasteiger partial charge in [0, 0.05) is 10.6 Å². The lowest BCUT2D eigenvalue weighted by Gasteiger charge is -1.95. The molecule has 1 aromatic carbocycles. The number of rotatable bonds is 4. The predicted molar refractivity (Wildman–Crippen MR) is 61.9 cm³/mol. The van der Waals surface area contributed by atoms with Crippen molar-refractivity contribution >= 4 is 23.6 Å². The normalized spacial score (nSPS) is 10.5. The summed E-state index contributed by atoms with van der Waals surface area (Å²) in [5.74, 6) is -0.962. The molecule has 0 aliphatic heterocycles. The van der Waals surface area contributed by atoms with E-state index in [4.69, 9.17) is 16.7 Å². The van der Waals surface area contributed by atoms with Gasteiger partial charge in [-0.15, -0.1) is 0 Å². The van der Waals surface area contributed by atoms with Crippen LogP contribution in [0.3, 0.4) is 0 Å². The molecule has 15 heavy (non-hydrogen) atoms. The van der Waals surface area contributed by atoms with Gasteiger partial charge in [-0.25, -0.2) is 4.79 Å². The molecule has 1 N–H and O–H groups in total. The average molecular weight is 223 g/mol. The lowest BCUT2D eigenvalue weighted by molar-refractivity contribution is -0.132. The first-order valence-corrected chi connectivity index (χ1v) is 4.80. The molecule has 2 nitrogen and oxygen atoms in total. The second kappa shape index (κ2) is 5.37. The summed E-state index contributed by atoms with van der Waals surface area (Å²) in [5, 5.41) is 9.25. The lowest BCUT2D eigenvalue weighted by atomic mass is 10.1. The zero-order valence-corrected chi connectivity index (χ0v) is 8.87. The zero-order valence-electron chi connectivity index (χ0n) is 8.11. The first kappa shape index (κ1) is 11.5. The Bertz CT molecular complexity index is 391. The van der Waals surface area contributed by atoms with Crippen LogP contribution < -0.4 is 0 Å². The van der Waals surface area contributed by atoms with Crippen molar-refractivity contribution in [2.24, 2.45) is 0 Å². The lowest BCUT2D eigenvalue weighted by Crippen LogP contribution is -1.96. The maximum Gasteiger partial charge on any atom is 0.331 e. The van der Waals surface area contributed by atoms with Gasteiger partial charge in [-0.05, 0) is 24.1 Å². The Labute approximate surface area is 93.5 Å². The molecule has 0 fully saturated rings. The molecule has 0 spiro atoms. The summed E-state index contributed by atoms with van der Waals surface area (Å²) >= 11 is 5.72. The minimum Gasteiger partial charge on any atom is -0.478 e. The topological polar surface area (TPSA) is 37.3 Å². The van der Waals surface area contributed by atoms with E-state index in [2.05, 4.69) is 6.58 Å². The highest BCUT2D eigenvalue weighted by atomic mass is 35.5. The molecule has 1 rings (SSSR count). The largest absolute Gasteiger partial charge is 0.478 e. The Morgan fingerprint density at radius 3 is 2.53 bits per heavy atom. The van der Waals surface area contributed by atoms with Crippen LogP contribution in [0.25, 0.3) is 6.08 Å². The summed E-state index contributed by atoms with van der Waals surface area (Å²) in [6, 6.07) is 7.30. The Kier molecular flexibility index (Phi) is 4.13. The van der Waals surface area contributed by atoms with Crippen LogP contribution in [0.2, 0.25) is 5.02 Å². The maximum absolute atomic E-state index is 10.4. The van der Waals surface area contributed by atoms with Crippen LogP contribution in [0.1, 0.15) is 12.0 Å². The molecule has 0 aromatic heterocycles. The molecule has 0 heterocycles. The average Bonchev–Trinajstić information content (AvgIpc) is 2.20. The molecule has 0 aliphatic carbocycles. The van der Waals surface area contributed by atoms with E-state index in [9.17, 15) is 4.79 Å². The quantitative estimate of drug-likeness (QED) is 0.793. The number of aliphatic carboxylic acids is 1. The van der Waals surface area contributed by atoms with Crippen molar-refractivity contribution in [2.75, 3.05) is 0 Å². The van der Waals surface area contributed by atoms with Crippen molar-refractivity contribution in [2.45, 2.75) is 6.42 Å². The van der Waals surface area contributed by atoms with Crippen LogP contribution in [0.5, 0.6) is 0 Å². The molecular weight excluding hydrogens is 212 g/mol. The zero-order chi connectivity index (χ0) is 11.3. The van der Waals surface area contributed by atoms with E-state index in [0.717, 1.165) is 5.56 Å². The maximum atomic E-state index is 10.4. The van der Waals surface area contributed by atoms with Crippen LogP contribution in [-0.4, -0.2) is 11.1 Å². The third-order valence-electron chi connectivity index (χ3n) is 1.85. The number of hydrogen-bond acceptors (Lipinski definition) is 1. The van der Waals surface area contributed by atoms with Gasteiger partial charge >= 0.3 is 5.97 Å². The van der Waals surface area contributed by atoms with E-state index < -0.39 is 5.97 Å². The molecule has 0 radical (unpaired) electrons. The van der Waals surface area contributed by atoms with Crippen LogP contribution in [0, 0.1) is 0 Å². The summed E-state index contributed by atoms with van der Waals surface area (Å²) in [5.41, 5.74) is 1.16. The molecule has 0 bridgehead atoms.